The lowest BCUT2D eigenvalue weighted by Gasteiger charge is -2.39. The molecular formula is C13H23N3O. The number of nitrogens with one attached hydrogen (secondary N) is 2. The van der Waals surface area contributed by atoms with Gasteiger partial charge in [0.1, 0.15) is 0 Å². The molecule has 0 radical (unpaired) electrons. The second-order valence-corrected chi connectivity index (χ2v) is 4.49. The van der Waals surface area contributed by atoms with E-state index in [0.29, 0.717) is 25.2 Å². The second-order valence-electron chi connectivity index (χ2n) is 4.49. The largest absolute Gasteiger partial charge is 0.344 e. The summed E-state index contributed by atoms with van der Waals surface area (Å²) in [4.78, 5) is 13.9. The molecule has 0 aliphatic carbocycles. The molecule has 4 nitrogen and oxygen atoms in total. The van der Waals surface area contributed by atoms with Gasteiger partial charge in [-0.15, -0.1) is 6.42 Å². The van der Waals surface area contributed by atoms with Crippen LogP contribution in [0.1, 0.15) is 26.7 Å². The first-order valence-electron chi connectivity index (χ1n) is 6.38. The summed E-state index contributed by atoms with van der Waals surface area (Å²) in [6, 6.07) is 0.951. The predicted molar refractivity (Wildman–Crippen MR) is 69.6 cm³/mol. The van der Waals surface area contributed by atoms with Crippen LogP contribution in [-0.2, 0) is 4.79 Å². The highest BCUT2D eigenvalue weighted by Crippen LogP contribution is 2.11. The maximum absolute atomic E-state index is 11.7. The molecule has 0 saturated carbocycles. The fourth-order valence-corrected chi connectivity index (χ4v) is 2.19. The summed E-state index contributed by atoms with van der Waals surface area (Å²) < 4.78 is 0. The molecule has 1 saturated heterocycles. The first-order chi connectivity index (χ1) is 8.21. The third kappa shape index (κ3) is 4.37. The van der Waals surface area contributed by atoms with Gasteiger partial charge in [-0.25, -0.2) is 0 Å². The maximum Gasteiger partial charge on any atom is 0.234 e. The summed E-state index contributed by atoms with van der Waals surface area (Å²) in [5.74, 6) is 2.44. The average molecular weight is 237 g/mol. The van der Waals surface area contributed by atoms with Crippen LogP contribution in [0.25, 0.3) is 0 Å². The molecule has 1 heterocycles. The molecule has 1 aliphatic heterocycles. The minimum absolute atomic E-state index is 0.0261. The number of carbonyl (C=O) groups is 1. The summed E-state index contributed by atoms with van der Waals surface area (Å²) in [7, 11) is 0. The van der Waals surface area contributed by atoms with E-state index in [0.717, 1.165) is 25.9 Å². The van der Waals surface area contributed by atoms with Gasteiger partial charge in [-0.1, -0.05) is 19.8 Å². The quantitative estimate of drug-likeness (QED) is 0.671. The number of nitrogens with zero attached hydrogens (tertiary/aromatic N) is 1. The van der Waals surface area contributed by atoms with Gasteiger partial charge in [0.05, 0.1) is 13.1 Å². The summed E-state index contributed by atoms with van der Waals surface area (Å²) in [6.07, 6.45) is 7.28. The summed E-state index contributed by atoms with van der Waals surface area (Å²) in [5.41, 5.74) is 0. The third-order valence-electron chi connectivity index (χ3n) is 3.31. The molecule has 2 N–H and O–H groups in total. The summed E-state index contributed by atoms with van der Waals surface area (Å²) >= 11 is 0. The summed E-state index contributed by atoms with van der Waals surface area (Å²) in [6.45, 7) is 7.01. The van der Waals surface area contributed by atoms with Crippen LogP contribution in [0.4, 0.5) is 0 Å². The zero-order valence-corrected chi connectivity index (χ0v) is 10.8. The highest BCUT2D eigenvalue weighted by molar-refractivity contribution is 5.78. The smallest absolute Gasteiger partial charge is 0.234 e. The zero-order valence-electron chi connectivity index (χ0n) is 10.8. The SMILES string of the molecule is C#CCNC(=O)CN1CC(CC)NCC1CC. The van der Waals surface area contributed by atoms with E-state index in [1.807, 2.05) is 0 Å². The first-order valence-corrected chi connectivity index (χ1v) is 6.38. The normalized spacial score (nSPS) is 25.2. The van der Waals surface area contributed by atoms with E-state index in [9.17, 15) is 4.79 Å². The molecular weight excluding hydrogens is 214 g/mol. The molecule has 17 heavy (non-hydrogen) atoms. The number of piperazine rings is 1. The lowest BCUT2D eigenvalue weighted by molar-refractivity contribution is -0.123. The number of hydrogen-bond donors (Lipinski definition) is 2. The maximum atomic E-state index is 11.7. The Morgan fingerprint density at radius 1 is 1.53 bits per heavy atom. The van der Waals surface area contributed by atoms with Gasteiger partial charge in [-0.3, -0.25) is 9.69 Å². The third-order valence-corrected chi connectivity index (χ3v) is 3.31. The van der Waals surface area contributed by atoms with Crippen molar-refractivity contribution in [1.29, 1.82) is 0 Å². The Balaban J connectivity index is 2.46. The standard InChI is InChI=1S/C13H23N3O/c1-4-7-14-13(17)10-16-9-11(5-2)15-8-12(16)6-3/h1,11-12,15H,5-10H2,2-3H3,(H,14,17). The molecule has 1 fully saturated rings. The molecule has 2 atom stereocenters. The van der Waals surface area contributed by atoms with Crippen LogP contribution in [-0.4, -0.2) is 49.1 Å². The van der Waals surface area contributed by atoms with Crippen LogP contribution in [0.5, 0.6) is 0 Å². The first kappa shape index (κ1) is 14.0. The number of carbonyl (C=O) groups excluding carboxylic acids is 1. The van der Waals surface area contributed by atoms with Crippen LogP contribution < -0.4 is 10.6 Å². The fourth-order valence-electron chi connectivity index (χ4n) is 2.19. The topological polar surface area (TPSA) is 44.4 Å². The van der Waals surface area contributed by atoms with Gasteiger partial charge in [0, 0.05) is 25.2 Å². The predicted octanol–water partition coefficient (Wildman–Crippen LogP) is 0.198. The number of rotatable bonds is 5. The van der Waals surface area contributed by atoms with Crippen LogP contribution in [0.15, 0.2) is 0 Å². The molecule has 0 spiro atoms. The van der Waals surface area contributed by atoms with E-state index in [-0.39, 0.29) is 5.91 Å². The molecule has 1 amide bonds. The van der Waals surface area contributed by atoms with Crippen LogP contribution >= 0.6 is 0 Å². The highest BCUT2D eigenvalue weighted by atomic mass is 16.2. The molecule has 4 heteroatoms. The number of amides is 1. The molecule has 2 unspecified atom stereocenters. The van der Waals surface area contributed by atoms with E-state index in [1.165, 1.54) is 0 Å². The van der Waals surface area contributed by atoms with Crippen LogP contribution in [0, 0.1) is 12.3 Å². The Morgan fingerprint density at radius 3 is 2.88 bits per heavy atom. The molecule has 0 aromatic carbocycles. The molecule has 1 rings (SSSR count). The van der Waals surface area contributed by atoms with E-state index >= 15 is 0 Å². The van der Waals surface area contributed by atoms with Crippen molar-refractivity contribution in [3.8, 4) is 12.3 Å². The number of hydrogen-bond acceptors (Lipinski definition) is 3. The Labute approximate surface area is 104 Å². The lowest BCUT2D eigenvalue weighted by atomic mass is 10.1. The molecule has 0 bridgehead atoms. The monoisotopic (exact) mass is 237 g/mol. The van der Waals surface area contributed by atoms with Crippen molar-refractivity contribution in [3.63, 3.8) is 0 Å². The Hall–Kier alpha value is -1.05. The Kier molecular flexibility index (Phi) is 6.03. The van der Waals surface area contributed by atoms with Gasteiger partial charge >= 0.3 is 0 Å². The zero-order chi connectivity index (χ0) is 12.7. The van der Waals surface area contributed by atoms with Crippen molar-refractivity contribution in [3.05, 3.63) is 0 Å². The van der Waals surface area contributed by atoms with Crippen LogP contribution in [0.2, 0.25) is 0 Å². The molecule has 96 valence electrons. The van der Waals surface area contributed by atoms with Gasteiger partial charge in [0.25, 0.3) is 0 Å². The minimum atomic E-state index is 0.0261. The molecule has 0 aromatic heterocycles. The second kappa shape index (κ2) is 7.31. The number of terminal acetylenes is 1. The average Bonchev–Trinajstić information content (AvgIpc) is 2.36. The van der Waals surface area contributed by atoms with E-state index in [1.54, 1.807) is 0 Å². The van der Waals surface area contributed by atoms with Gasteiger partial charge in [0.15, 0.2) is 0 Å². The van der Waals surface area contributed by atoms with Crippen molar-refractivity contribution >= 4 is 5.91 Å². The molecule has 1 aliphatic rings. The van der Waals surface area contributed by atoms with Crippen molar-refractivity contribution in [2.45, 2.75) is 38.8 Å². The summed E-state index contributed by atoms with van der Waals surface area (Å²) in [5, 5.41) is 6.23. The minimum Gasteiger partial charge on any atom is -0.344 e. The van der Waals surface area contributed by atoms with Crippen LogP contribution in [0.3, 0.4) is 0 Å². The van der Waals surface area contributed by atoms with Gasteiger partial charge < -0.3 is 10.6 Å². The molecule has 0 aromatic rings. The lowest BCUT2D eigenvalue weighted by Crippen LogP contribution is -2.58. The van der Waals surface area contributed by atoms with Crippen molar-refractivity contribution in [2.24, 2.45) is 0 Å². The Bertz CT molecular complexity index is 285. The van der Waals surface area contributed by atoms with E-state index in [2.05, 4.69) is 35.3 Å². The highest BCUT2D eigenvalue weighted by Gasteiger charge is 2.26. The fraction of sp³-hybridized carbons (Fsp3) is 0.769. The van der Waals surface area contributed by atoms with Crippen molar-refractivity contribution in [2.75, 3.05) is 26.2 Å². The Morgan fingerprint density at radius 2 is 2.29 bits per heavy atom. The van der Waals surface area contributed by atoms with Gasteiger partial charge in [0.2, 0.25) is 5.91 Å². The van der Waals surface area contributed by atoms with E-state index < -0.39 is 0 Å². The van der Waals surface area contributed by atoms with Gasteiger partial charge in [-0.05, 0) is 12.8 Å². The van der Waals surface area contributed by atoms with Gasteiger partial charge in [-0.2, -0.15) is 0 Å². The van der Waals surface area contributed by atoms with E-state index in [4.69, 9.17) is 6.42 Å². The van der Waals surface area contributed by atoms with Crippen molar-refractivity contribution in [1.82, 2.24) is 15.5 Å². The van der Waals surface area contributed by atoms with Crippen molar-refractivity contribution < 1.29 is 4.79 Å².